The maximum absolute atomic E-state index is 10.3. The molecule has 0 saturated heterocycles. The van der Waals surface area contributed by atoms with E-state index in [0.29, 0.717) is 6.42 Å². The van der Waals surface area contributed by atoms with E-state index in [1.165, 1.54) is 0 Å². The lowest BCUT2D eigenvalue weighted by Crippen LogP contribution is -2.37. The molecule has 0 aromatic carbocycles. The van der Waals surface area contributed by atoms with Crippen LogP contribution in [-0.4, -0.2) is 5.97 Å². The normalized spacial score (nSPS) is 10.3. The number of hydrogen-bond donors (Lipinski definition) is 1. The lowest BCUT2D eigenvalue weighted by atomic mass is 9.88. The molecule has 0 aromatic rings. The van der Waals surface area contributed by atoms with Gasteiger partial charge in [0.25, 0.3) is 0 Å². The molecule has 0 aromatic heterocycles. The fourth-order valence-corrected chi connectivity index (χ4v) is 0.727. The minimum absolute atomic E-state index is 0. The molecular weight excluding hydrogens is 130 g/mol. The van der Waals surface area contributed by atoms with Crippen LogP contribution in [0.25, 0.3) is 0 Å². The number of quaternary nitrogens is 1. The van der Waals surface area contributed by atoms with Gasteiger partial charge in [-0.3, -0.25) is 0 Å². The molecule has 0 aliphatic rings. The zero-order chi connectivity index (χ0) is 7.49. The van der Waals surface area contributed by atoms with Crippen LogP contribution in [0.3, 0.4) is 0 Å². The monoisotopic (exact) mass is 147 g/mol. The molecule has 0 rings (SSSR count). The number of carboxylic acid groups (broad SMARTS) is 1. The molecule has 0 atom stereocenters. The highest BCUT2D eigenvalue weighted by molar-refractivity contribution is 5.71. The summed E-state index contributed by atoms with van der Waals surface area (Å²) in [6, 6.07) is 0. The molecule has 0 bridgehead atoms. The molecule has 0 amide bonds. The molecule has 0 fully saturated rings. The summed E-state index contributed by atoms with van der Waals surface area (Å²) in [4.78, 5) is 10.3. The van der Waals surface area contributed by atoms with Crippen molar-refractivity contribution in [2.24, 2.45) is 5.41 Å². The average Bonchev–Trinajstić information content (AvgIpc) is 1.65. The Morgan fingerprint density at radius 1 is 1.50 bits per heavy atom. The van der Waals surface area contributed by atoms with Gasteiger partial charge in [-0.2, -0.15) is 0 Å². The highest BCUT2D eigenvalue weighted by atomic mass is 16.4. The first-order valence-electron chi connectivity index (χ1n) is 3.22. The van der Waals surface area contributed by atoms with Crippen molar-refractivity contribution >= 4 is 5.97 Å². The van der Waals surface area contributed by atoms with Gasteiger partial charge in [0.15, 0.2) is 0 Å². The van der Waals surface area contributed by atoms with Crippen LogP contribution in [0.15, 0.2) is 0 Å². The summed E-state index contributed by atoms with van der Waals surface area (Å²) in [5, 5.41) is 10.3. The largest absolute Gasteiger partial charge is 0.550 e. The van der Waals surface area contributed by atoms with E-state index in [1.807, 2.05) is 6.92 Å². The number of carbonyl (C=O) groups excluding carboxylic acids is 1. The zero-order valence-corrected chi connectivity index (χ0v) is 7.23. The first-order valence-corrected chi connectivity index (χ1v) is 3.22. The van der Waals surface area contributed by atoms with Gasteiger partial charge >= 0.3 is 0 Å². The Labute approximate surface area is 62.0 Å². The number of carboxylic acids is 1. The van der Waals surface area contributed by atoms with Crippen molar-refractivity contribution in [1.29, 1.82) is 0 Å². The van der Waals surface area contributed by atoms with Crippen molar-refractivity contribution in [1.82, 2.24) is 6.15 Å². The first kappa shape index (κ1) is 12.1. The van der Waals surface area contributed by atoms with Crippen molar-refractivity contribution in [3.05, 3.63) is 0 Å². The van der Waals surface area contributed by atoms with Gasteiger partial charge in [0, 0.05) is 11.4 Å². The Kier molecular flexibility index (Phi) is 5.19. The molecule has 0 aliphatic carbocycles. The van der Waals surface area contributed by atoms with Crippen molar-refractivity contribution in [2.75, 3.05) is 0 Å². The molecular formula is C7H17NO2. The van der Waals surface area contributed by atoms with Crippen LogP contribution < -0.4 is 11.3 Å². The van der Waals surface area contributed by atoms with E-state index in [4.69, 9.17) is 0 Å². The fraction of sp³-hybridized carbons (Fsp3) is 0.857. The van der Waals surface area contributed by atoms with E-state index in [2.05, 4.69) is 0 Å². The number of hydrogen-bond acceptors (Lipinski definition) is 2. The molecule has 3 nitrogen and oxygen atoms in total. The lowest BCUT2D eigenvalue weighted by molar-refractivity contribution is -0.317. The standard InChI is InChI=1S/C7H14O2.H3N/c1-4-5-7(2,3)6(8)9;/h4-5H2,1-3H3,(H,8,9);1H3. The van der Waals surface area contributed by atoms with Gasteiger partial charge in [-0.25, -0.2) is 0 Å². The third-order valence-corrected chi connectivity index (χ3v) is 1.43. The summed E-state index contributed by atoms with van der Waals surface area (Å²) in [6.07, 6.45) is 1.58. The molecule has 10 heavy (non-hydrogen) atoms. The van der Waals surface area contributed by atoms with Crippen LogP contribution >= 0.6 is 0 Å². The highest BCUT2D eigenvalue weighted by Crippen LogP contribution is 2.20. The molecule has 3 heteroatoms. The van der Waals surface area contributed by atoms with Gasteiger partial charge in [0.2, 0.25) is 0 Å². The summed E-state index contributed by atoms with van der Waals surface area (Å²) in [5.74, 6) is -0.954. The van der Waals surface area contributed by atoms with Gasteiger partial charge in [-0.05, 0) is 6.42 Å². The van der Waals surface area contributed by atoms with Gasteiger partial charge in [0.05, 0.1) is 0 Å². The maximum Gasteiger partial charge on any atom is 0.0470 e. The van der Waals surface area contributed by atoms with E-state index < -0.39 is 11.4 Å². The maximum atomic E-state index is 10.3. The lowest BCUT2D eigenvalue weighted by Gasteiger charge is -2.24. The number of aliphatic carboxylic acids is 1. The molecule has 0 heterocycles. The van der Waals surface area contributed by atoms with Crippen LogP contribution in [0, 0.1) is 5.41 Å². The molecule has 0 unspecified atom stereocenters. The van der Waals surface area contributed by atoms with Crippen molar-refractivity contribution in [2.45, 2.75) is 33.6 Å². The molecule has 0 radical (unpaired) electrons. The predicted molar refractivity (Wildman–Crippen MR) is 39.7 cm³/mol. The summed E-state index contributed by atoms with van der Waals surface area (Å²) in [7, 11) is 0. The Morgan fingerprint density at radius 3 is 2.00 bits per heavy atom. The Balaban J connectivity index is 0. The Morgan fingerprint density at radius 2 is 1.90 bits per heavy atom. The highest BCUT2D eigenvalue weighted by Gasteiger charge is 2.16. The smallest absolute Gasteiger partial charge is 0.0470 e. The number of carbonyl (C=O) groups is 1. The second kappa shape index (κ2) is 4.28. The Bertz CT molecular complexity index is 110. The Hall–Kier alpha value is -0.570. The van der Waals surface area contributed by atoms with Crippen LogP contribution in [0.2, 0.25) is 0 Å². The van der Waals surface area contributed by atoms with Gasteiger partial charge in [-0.15, -0.1) is 0 Å². The SMILES string of the molecule is CCCC(C)(C)C(=O)[O-].[NH4+]. The molecule has 4 N–H and O–H groups in total. The number of rotatable bonds is 3. The first-order chi connectivity index (χ1) is 4.00. The van der Waals surface area contributed by atoms with Crippen LogP contribution in [0.4, 0.5) is 0 Å². The topological polar surface area (TPSA) is 76.6 Å². The van der Waals surface area contributed by atoms with E-state index in [9.17, 15) is 9.90 Å². The van der Waals surface area contributed by atoms with Gasteiger partial charge in [0.1, 0.15) is 0 Å². The predicted octanol–water partition coefficient (Wildman–Crippen LogP) is 0.939. The third kappa shape index (κ3) is 3.45. The van der Waals surface area contributed by atoms with E-state index in [-0.39, 0.29) is 6.15 Å². The molecule has 0 saturated carbocycles. The summed E-state index contributed by atoms with van der Waals surface area (Å²) < 4.78 is 0. The quantitative estimate of drug-likeness (QED) is 0.644. The van der Waals surface area contributed by atoms with Gasteiger partial charge in [-0.1, -0.05) is 27.2 Å². The van der Waals surface area contributed by atoms with E-state index in [1.54, 1.807) is 13.8 Å². The van der Waals surface area contributed by atoms with Crippen molar-refractivity contribution in [3.63, 3.8) is 0 Å². The minimum Gasteiger partial charge on any atom is -0.550 e. The second-order valence-corrected chi connectivity index (χ2v) is 2.92. The zero-order valence-electron chi connectivity index (χ0n) is 7.23. The summed E-state index contributed by atoms with van der Waals surface area (Å²) >= 11 is 0. The fourth-order valence-electron chi connectivity index (χ4n) is 0.727. The summed E-state index contributed by atoms with van der Waals surface area (Å²) in [6.45, 7) is 5.34. The minimum atomic E-state index is -0.954. The molecule has 62 valence electrons. The molecule has 0 spiro atoms. The van der Waals surface area contributed by atoms with Crippen molar-refractivity contribution in [3.8, 4) is 0 Å². The van der Waals surface area contributed by atoms with Crippen LogP contribution in [0.1, 0.15) is 33.6 Å². The molecule has 0 aliphatic heterocycles. The summed E-state index contributed by atoms with van der Waals surface area (Å²) in [5.41, 5.74) is -0.644. The average molecular weight is 147 g/mol. The van der Waals surface area contributed by atoms with Gasteiger partial charge < -0.3 is 16.1 Å². The van der Waals surface area contributed by atoms with E-state index >= 15 is 0 Å². The second-order valence-electron chi connectivity index (χ2n) is 2.92. The van der Waals surface area contributed by atoms with Crippen LogP contribution in [0.5, 0.6) is 0 Å². The van der Waals surface area contributed by atoms with E-state index in [0.717, 1.165) is 6.42 Å². The third-order valence-electron chi connectivity index (χ3n) is 1.43. The van der Waals surface area contributed by atoms with Crippen LogP contribution in [-0.2, 0) is 4.79 Å². The van der Waals surface area contributed by atoms with Crippen molar-refractivity contribution < 1.29 is 9.90 Å².